The van der Waals surface area contributed by atoms with Gasteiger partial charge < -0.3 is 4.52 Å². The zero-order valence-corrected chi connectivity index (χ0v) is 13.1. The van der Waals surface area contributed by atoms with Crippen LogP contribution in [0.5, 0.6) is 0 Å². The molecule has 2 atom stereocenters. The number of nitriles is 1. The second-order valence-electron chi connectivity index (χ2n) is 5.83. The van der Waals surface area contributed by atoms with E-state index in [0.717, 1.165) is 5.56 Å². The molecule has 2 aromatic rings. The summed E-state index contributed by atoms with van der Waals surface area (Å²) < 4.78 is 5.31. The molecule has 0 spiro atoms. The second kappa shape index (κ2) is 5.01. The van der Waals surface area contributed by atoms with Crippen molar-refractivity contribution in [3.63, 3.8) is 0 Å². The van der Waals surface area contributed by atoms with Crippen molar-refractivity contribution >= 4 is 23.2 Å². The first kappa shape index (κ1) is 14.4. The molecule has 1 aliphatic rings. The van der Waals surface area contributed by atoms with Gasteiger partial charge in [0.15, 0.2) is 5.82 Å². The Hall–Kier alpha value is -1.57. The lowest BCUT2D eigenvalue weighted by Crippen LogP contribution is -1.94. The lowest BCUT2D eigenvalue weighted by molar-refractivity contribution is 0.363. The van der Waals surface area contributed by atoms with E-state index in [1.807, 2.05) is 13.8 Å². The van der Waals surface area contributed by atoms with Gasteiger partial charge in [-0.25, -0.2) is 0 Å². The number of nitrogens with zero attached hydrogens (tertiary/aromatic N) is 3. The van der Waals surface area contributed by atoms with Gasteiger partial charge in [0.1, 0.15) is 0 Å². The van der Waals surface area contributed by atoms with Gasteiger partial charge in [0.2, 0.25) is 5.89 Å². The lowest BCUT2D eigenvalue weighted by atomic mass is 10.1. The molecule has 1 heterocycles. The summed E-state index contributed by atoms with van der Waals surface area (Å²) in [5.74, 6) is 0.976. The van der Waals surface area contributed by atoms with E-state index in [9.17, 15) is 0 Å². The standard InChI is InChI=1S/C15H13Cl2N3O/c1-15(2)9(7-18)13(15)14-19-12(20-21-14)6-8-10(16)4-3-5-11(8)17/h3-5,9,13H,6H2,1-2H3. The van der Waals surface area contributed by atoms with Gasteiger partial charge in [-0.3, -0.25) is 0 Å². The van der Waals surface area contributed by atoms with Crippen molar-refractivity contribution < 1.29 is 4.52 Å². The van der Waals surface area contributed by atoms with E-state index in [2.05, 4.69) is 16.2 Å². The maximum Gasteiger partial charge on any atom is 0.231 e. The summed E-state index contributed by atoms with van der Waals surface area (Å²) >= 11 is 12.3. The molecular formula is C15H13Cl2N3O. The molecule has 0 aliphatic heterocycles. The van der Waals surface area contributed by atoms with Gasteiger partial charge in [-0.1, -0.05) is 48.3 Å². The molecule has 0 amide bonds. The largest absolute Gasteiger partial charge is 0.339 e. The van der Waals surface area contributed by atoms with Crippen LogP contribution in [0.25, 0.3) is 0 Å². The molecule has 3 rings (SSSR count). The quantitative estimate of drug-likeness (QED) is 0.848. The van der Waals surface area contributed by atoms with Crippen LogP contribution >= 0.6 is 23.2 Å². The number of rotatable bonds is 3. The topological polar surface area (TPSA) is 62.7 Å². The Kier molecular flexibility index (Phi) is 3.43. The van der Waals surface area contributed by atoms with Crippen LogP contribution in [-0.2, 0) is 6.42 Å². The van der Waals surface area contributed by atoms with E-state index in [0.29, 0.717) is 28.2 Å². The third kappa shape index (κ3) is 2.41. The first-order valence-electron chi connectivity index (χ1n) is 6.60. The van der Waals surface area contributed by atoms with Crippen LogP contribution in [0.15, 0.2) is 22.7 Å². The van der Waals surface area contributed by atoms with Crippen molar-refractivity contribution in [2.45, 2.75) is 26.2 Å². The highest BCUT2D eigenvalue weighted by atomic mass is 35.5. The Morgan fingerprint density at radius 1 is 1.33 bits per heavy atom. The maximum absolute atomic E-state index is 9.11. The van der Waals surface area contributed by atoms with Crippen LogP contribution in [0.2, 0.25) is 10.0 Å². The van der Waals surface area contributed by atoms with Crippen molar-refractivity contribution in [3.8, 4) is 6.07 Å². The van der Waals surface area contributed by atoms with Crippen LogP contribution in [0.1, 0.15) is 37.0 Å². The molecule has 1 fully saturated rings. The summed E-state index contributed by atoms with van der Waals surface area (Å²) in [6, 6.07) is 7.63. The molecule has 1 aliphatic carbocycles. The summed E-state index contributed by atoms with van der Waals surface area (Å²) in [4.78, 5) is 4.40. The van der Waals surface area contributed by atoms with Crippen LogP contribution in [0.3, 0.4) is 0 Å². The summed E-state index contributed by atoms with van der Waals surface area (Å²) in [6.07, 6.45) is 0.409. The van der Waals surface area contributed by atoms with E-state index in [4.69, 9.17) is 33.0 Å². The molecule has 0 N–H and O–H groups in total. The van der Waals surface area contributed by atoms with E-state index in [-0.39, 0.29) is 17.3 Å². The van der Waals surface area contributed by atoms with Gasteiger partial charge in [0.05, 0.1) is 17.9 Å². The van der Waals surface area contributed by atoms with Crippen LogP contribution < -0.4 is 0 Å². The van der Waals surface area contributed by atoms with E-state index in [1.54, 1.807) is 18.2 Å². The number of hydrogen-bond donors (Lipinski definition) is 0. The Morgan fingerprint density at radius 2 is 2.00 bits per heavy atom. The van der Waals surface area contributed by atoms with E-state index < -0.39 is 0 Å². The Balaban J connectivity index is 1.83. The highest BCUT2D eigenvalue weighted by Crippen LogP contribution is 2.63. The zero-order chi connectivity index (χ0) is 15.2. The average Bonchev–Trinajstić information content (AvgIpc) is 2.78. The molecule has 0 saturated heterocycles. The summed E-state index contributed by atoms with van der Waals surface area (Å²) in [6.45, 7) is 4.06. The smallest absolute Gasteiger partial charge is 0.231 e. The van der Waals surface area contributed by atoms with Crippen LogP contribution in [-0.4, -0.2) is 10.1 Å². The highest BCUT2D eigenvalue weighted by molar-refractivity contribution is 6.36. The lowest BCUT2D eigenvalue weighted by Gasteiger charge is -2.03. The molecule has 0 radical (unpaired) electrons. The minimum atomic E-state index is -0.111. The zero-order valence-electron chi connectivity index (χ0n) is 11.6. The fourth-order valence-corrected chi connectivity index (χ4v) is 3.20. The van der Waals surface area contributed by atoms with Gasteiger partial charge in [0, 0.05) is 16.5 Å². The van der Waals surface area contributed by atoms with E-state index >= 15 is 0 Å². The molecule has 1 aromatic heterocycles. The Bertz CT molecular complexity index is 713. The number of benzene rings is 1. The predicted molar refractivity (Wildman–Crippen MR) is 79.2 cm³/mol. The van der Waals surface area contributed by atoms with Gasteiger partial charge in [0.25, 0.3) is 0 Å². The molecular weight excluding hydrogens is 309 g/mol. The normalized spacial score (nSPS) is 22.8. The highest BCUT2D eigenvalue weighted by Gasteiger charge is 2.62. The average molecular weight is 322 g/mol. The molecule has 0 bridgehead atoms. The van der Waals surface area contributed by atoms with Gasteiger partial charge in [-0.15, -0.1) is 0 Å². The van der Waals surface area contributed by atoms with Crippen molar-refractivity contribution in [1.82, 2.24) is 10.1 Å². The summed E-state index contributed by atoms with van der Waals surface area (Å²) in [5.41, 5.74) is 0.667. The van der Waals surface area contributed by atoms with Crippen molar-refractivity contribution in [3.05, 3.63) is 45.5 Å². The van der Waals surface area contributed by atoms with Gasteiger partial charge >= 0.3 is 0 Å². The molecule has 4 nitrogen and oxygen atoms in total. The Morgan fingerprint density at radius 3 is 2.57 bits per heavy atom. The third-order valence-corrected chi connectivity index (χ3v) is 4.82. The molecule has 2 unspecified atom stereocenters. The fraction of sp³-hybridized carbons (Fsp3) is 0.400. The number of aromatic nitrogens is 2. The Labute approximate surface area is 132 Å². The molecule has 6 heteroatoms. The summed E-state index contributed by atoms with van der Waals surface area (Å²) in [7, 11) is 0. The van der Waals surface area contributed by atoms with Crippen LogP contribution in [0.4, 0.5) is 0 Å². The van der Waals surface area contributed by atoms with Crippen LogP contribution in [0, 0.1) is 22.7 Å². The molecule has 1 saturated carbocycles. The van der Waals surface area contributed by atoms with Crippen molar-refractivity contribution in [2.75, 3.05) is 0 Å². The molecule has 21 heavy (non-hydrogen) atoms. The maximum atomic E-state index is 9.11. The minimum Gasteiger partial charge on any atom is -0.339 e. The third-order valence-electron chi connectivity index (χ3n) is 4.11. The minimum absolute atomic E-state index is 0.00506. The first-order chi connectivity index (χ1) is 9.95. The number of hydrogen-bond acceptors (Lipinski definition) is 4. The summed E-state index contributed by atoms with van der Waals surface area (Å²) in [5, 5.41) is 14.2. The molecule has 1 aromatic carbocycles. The van der Waals surface area contributed by atoms with E-state index in [1.165, 1.54) is 0 Å². The monoisotopic (exact) mass is 321 g/mol. The predicted octanol–water partition coefficient (Wildman–Crippen LogP) is 4.23. The first-order valence-corrected chi connectivity index (χ1v) is 7.35. The van der Waals surface area contributed by atoms with Crippen molar-refractivity contribution in [1.29, 1.82) is 5.26 Å². The second-order valence-corrected chi connectivity index (χ2v) is 6.65. The SMILES string of the molecule is CC1(C)C(C#N)C1c1nc(Cc2c(Cl)cccc2Cl)no1. The number of halogens is 2. The fourth-order valence-electron chi connectivity index (χ4n) is 2.66. The van der Waals surface area contributed by atoms with Gasteiger partial charge in [-0.05, 0) is 23.1 Å². The van der Waals surface area contributed by atoms with Gasteiger partial charge in [-0.2, -0.15) is 10.2 Å². The van der Waals surface area contributed by atoms with Crippen molar-refractivity contribution in [2.24, 2.45) is 11.3 Å². The molecule has 108 valence electrons.